The quantitative estimate of drug-likeness (QED) is 0.318. The molecule has 0 saturated carbocycles. The average molecular weight is 422 g/mol. The van der Waals surface area contributed by atoms with Gasteiger partial charge >= 0.3 is 0 Å². The number of rotatable bonds is 6. The lowest BCUT2D eigenvalue weighted by Gasteiger charge is -2.06. The molecule has 0 saturated heterocycles. The van der Waals surface area contributed by atoms with Crippen molar-refractivity contribution < 1.29 is 14.7 Å². The minimum absolute atomic E-state index is 0.0916. The van der Waals surface area contributed by atoms with E-state index >= 15 is 0 Å². The third-order valence-corrected chi connectivity index (χ3v) is 4.64. The van der Waals surface area contributed by atoms with Crippen LogP contribution in [0, 0.1) is 0 Å². The number of hydrogen-bond acceptors (Lipinski definition) is 4. The molecule has 0 heterocycles. The van der Waals surface area contributed by atoms with E-state index in [-0.39, 0.29) is 22.2 Å². The van der Waals surface area contributed by atoms with Crippen molar-refractivity contribution in [2.24, 2.45) is 5.10 Å². The van der Waals surface area contributed by atoms with E-state index in [9.17, 15) is 14.7 Å². The normalized spacial score (nSPS) is 11.3. The molecule has 6 nitrogen and oxygen atoms in total. The van der Waals surface area contributed by atoms with Gasteiger partial charge in [-0.3, -0.25) is 9.59 Å². The van der Waals surface area contributed by atoms with Crippen molar-refractivity contribution in [3.05, 3.63) is 82.4 Å². The van der Waals surface area contributed by atoms with Crippen molar-refractivity contribution in [2.75, 3.05) is 6.54 Å². The summed E-state index contributed by atoms with van der Waals surface area (Å²) < 4.78 is 0. The van der Waals surface area contributed by atoms with Gasteiger partial charge in [0.05, 0.1) is 11.2 Å². The predicted octanol–water partition coefficient (Wildman–Crippen LogP) is 4.11. The highest BCUT2D eigenvalue weighted by Crippen LogP contribution is 2.24. The van der Waals surface area contributed by atoms with Crippen LogP contribution >= 0.6 is 11.6 Å². The van der Waals surface area contributed by atoms with E-state index in [4.69, 9.17) is 11.6 Å². The van der Waals surface area contributed by atoms with Crippen molar-refractivity contribution in [3.8, 4) is 5.75 Å². The fourth-order valence-electron chi connectivity index (χ4n) is 2.88. The highest BCUT2D eigenvalue weighted by atomic mass is 35.5. The molecule has 0 fully saturated rings. The molecule has 0 spiro atoms. The number of carbonyl (C=O) groups excluding carboxylic acids is 2. The van der Waals surface area contributed by atoms with Gasteiger partial charge in [-0.25, -0.2) is 5.43 Å². The van der Waals surface area contributed by atoms with E-state index in [0.717, 1.165) is 21.9 Å². The summed E-state index contributed by atoms with van der Waals surface area (Å²) >= 11 is 5.83. The molecule has 7 heteroatoms. The van der Waals surface area contributed by atoms with Crippen LogP contribution in [0.15, 0.2) is 65.8 Å². The summed E-state index contributed by atoms with van der Waals surface area (Å²) in [4.78, 5) is 23.9. The topological polar surface area (TPSA) is 90.8 Å². The van der Waals surface area contributed by atoms with Gasteiger partial charge in [0.15, 0.2) is 0 Å². The molecule has 0 aliphatic rings. The van der Waals surface area contributed by atoms with Crippen LogP contribution in [0.25, 0.3) is 16.8 Å². The second kappa shape index (κ2) is 9.71. The fraction of sp³-hybridized carbons (Fsp3) is 0.0870. The summed E-state index contributed by atoms with van der Waals surface area (Å²) in [5, 5.41) is 18.2. The molecule has 30 heavy (non-hydrogen) atoms. The summed E-state index contributed by atoms with van der Waals surface area (Å²) in [5.41, 5.74) is 4.44. The molecule has 0 bridgehead atoms. The zero-order chi connectivity index (χ0) is 21.5. The number of nitrogens with zero attached hydrogens (tertiary/aromatic N) is 1. The molecular formula is C23H20ClN3O3. The molecule has 0 unspecified atom stereocenters. The lowest BCUT2D eigenvalue weighted by molar-refractivity contribution is -0.116. The first kappa shape index (κ1) is 21.1. The van der Waals surface area contributed by atoms with Crippen LogP contribution in [-0.4, -0.2) is 29.7 Å². The number of carbonyl (C=O) groups is 2. The van der Waals surface area contributed by atoms with Gasteiger partial charge in [-0.2, -0.15) is 5.10 Å². The minimum Gasteiger partial charge on any atom is -0.506 e. The largest absolute Gasteiger partial charge is 0.506 e. The minimum atomic E-state index is -0.445. The number of likely N-dealkylation sites (N-methyl/N-ethyl adjacent to an activating group) is 1. The Morgan fingerprint density at radius 2 is 1.77 bits per heavy atom. The number of aromatic hydroxyl groups is 1. The summed E-state index contributed by atoms with van der Waals surface area (Å²) in [6.45, 7) is 2.44. The van der Waals surface area contributed by atoms with Crippen LogP contribution in [0.5, 0.6) is 5.75 Å². The van der Waals surface area contributed by atoms with Crippen molar-refractivity contribution in [1.82, 2.24) is 10.7 Å². The third-order valence-electron chi connectivity index (χ3n) is 4.34. The molecule has 152 valence electrons. The number of fused-ring (bicyclic) bond motifs is 1. The Labute approximate surface area is 178 Å². The van der Waals surface area contributed by atoms with E-state index in [1.165, 1.54) is 24.3 Å². The van der Waals surface area contributed by atoms with Gasteiger partial charge in [-0.1, -0.05) is 48.0 Å². The zero-order valence-electron chi connectivity index (χ0n) is 16.2. The number of amides is 2. The van der Waals surface area contributed by atoms with E-state index in [0.29, 0.717) is 6.54 Å². The molecule has 3 N–H and O–H groups in total. The van der Waals surface area contributed by atoms with E-state index < -0.39 is 5.91 Å². The van der Waals surface area contributed by atoms with Gasteiger partial charge in [-0.15, -0.1) is 0 Å². The SMILES string of the molecule is CCNC(=O)/C=C/c1ccc(/C=N/NC(=O)c2ccc(O)c(Cl)c2)c2ccccc12. The maximum Gasteiger partial charge on any atom is 0.271 e. The lowest BCUT2D eigenvalue weighted by Crippen LogP contribution is -2.19. The second-order valence-electron chi connectivity index (χ2n) is 6.38. The maximum absolute atomic E-state index is 12.2. The predicted molar refractivity (Wildman–Crippen MR) is 120 cm³/mol. The first-order chi connectivity index (χ1) is 14.5. The standard InChI is InChI=1S/C23H20ClN3O3/c1-2-25-22(29)12-10-15-7-8-17(19-6-4-3-5-18(15)19)14-26-27-23(30)16-9-11-21(28)20(24)13-16/h3-14,28H,2H2,1H3,(H,25,29)(H,27,30)/b12-10+,26-14+. The zero-order valence-corrected chi connectivity index (χ0v) is 17.0. The van der Waals surface area contributed by atoms with Crippen molar-refractivity contribution in [3.63, 3.8) is 0 Å². The first-order valence-corrected chi connectivity index (χ1v) is 9.67. The molecule has 0 aromatic heterocycles. The first-order valence-electron chi connectivity index (χ1n) is 9.29. The van der Waals surface area contributed by atoms with Gasteiger partial charge in [0, 0.05) is 23.7 Å². The van der Waals surface area contributed by atoms with Crippen molar-refractivity contribution >= 4 is 46.5 Å². The van der Waals surface area contributed by atoms with Gasteiger partial charge in [0.25, 0.3) is 5.91 Å². The summed E-state index contributed by atoms with van der Waals surface area (Å²) in [7, 11) is 0. The third kappa shape index (κ3) is 5.04. The Morgan fingerprint density at radius 1 is 1.07 bits per heavy atom. The van der Waals surface area contributed by atoms with Crippen LogP contribution in [0.1, 0.15) is 28.4 Å². The van der Waals surface area contributed by atoms with Crippen molar-refractivity contribution in [1.29, 1.82) is 0 Å². The number of halogens is 1. The van der Waals surface area contributed by atoms with Gasteiger partial charge in [0.1, 0.15) is 5.75 Å². The Bertz CT molecular complexity index is 1160. The summed E-state index contributed by atoms with van der Waals surface area (Å²) in [6, 6.07) is 15.7. The number of benzene rings is 3. The van der Waals surface area contributed by atoms with Gasteiger partial charge in [-0.05, 0) is 47.5 Å². The number of phenolic OH excluding ortho intramolecular Hbond substituents is 1. The Hall–Kier alpha value is -3.64. The molecule has 0 atom stereocenters. The summed E-state index contributed by atoms with van der Waals surface area (Å²) in [6.07, 6.45) is 4.83. The second-order valence-corrected chi connectivity index (χ2v) is 6.79. The van der Waals surface area contributed by atoms with Crippen LogP contribution in [-0.2, 0) is 4.79 Å². The molecule has 0 radical (unpaired) electrons. The number of hydrogen-bond donors (Lipinski definition) is 3. The molecule has 0 aliphatic carbocycles. The molecule has 3 aromatic carbocycles. The van der Waals surface area contributed by atoms with Crippen LogP contribution in [0.2, 0.25) is 5.02 Å². The Balaban J connectivity index is 1.81. The van der Waals surface area contributed by atoms with Crippen LogP contribution < -0.4 is 10.7 Å². The fourth-order valence-corrected chi connectivity index (χ4v) is 3.06. The van der Waals surface area contributed by atoms with Crippen molar-refractivity contribution in [2.45, 2.75) is 6.92 Å². The highest BCUT2D eigenvalue weighted by Gasteiger charge is 2.08. The Morgan fingerprint density at radius 3 is 2.47 bits per heavy atom. The van der Waals surface area contributed by atoms with E-state index in [1.807, 2.05) is 43.3 Å². The van der Waals surface area contributed by atoms with Crippen LogP contribution in [0.3, 0.4) is 0 Å². The lowest BCUT2D eigenvalue weighted by atomic mass is 9.99. The molecule has 3 rings (SSSR count). The van der Waals surface area contributed by atoms with Gasteiger partial charge in [0.2, 0.25) is 5.91 Å². The average Bonchev–Trinajstić information content (AvgIpc) is 2.75. The van der Waals surface area contributed by atoms with E-state index in [1.54, 1.807) is 12.3 Å². The van der Waals surface area contributed by atoms with Crippen LogP contribution in [0.4, 0.5) is 0 Å². The Kier molecular flexibility index (Phi) is 6.83. The maximum atomic E-state index is 12.2. The molecule has 0 aliphatic heterocycles. The number of nitrogens with one attached hydrogen (secondary N) is 2. The number of phenols is 1. The highest BCUT2D eigenvalue weighted by molar-refractivity contribution is 6.32. The smallest absolute Gasteiger partial charge is 0.271 e. The summed E-state index contributed by atoms with van der Waals surface area (Å²) in [5.74, 6) is -0.687. The molecule has 3 aromatic rings. The van der Waals surface area contributed by atoms with E-state index in [2.05, 4.69) is 15.8 Å². The molecule has 2 amide bonds. The monoisotopic (exact) mass is 421 g/mol. The molecular weight excluding hydrogens is 402 g/mol. The number of hydrazone groups is 1. The van der Waals surface area contributed by atoms with Gasteiger partial charge < -0.3 is 10.4 Å².